The van der Waals surface area contributed by atoms with Crippen LogP contribution in [-0.2, 0) is 17.9 Å². The van der Waals surface area contributed by atoms with Crippen LogP contribution in [0, 0.1) is 13.8 Å². The topological polar surface area (TPSA) is 102 Å². The Balaban J connectivity index is 2.04. The summed E-state index contributed by atoms with van der Waals surface area (Å²) < 4.78 is 3.33. The number of rotatable bonds is 6. The van der Waals surface area contributed by atoms with Crippen molar-refractivity contribution in [1.82, 2.24) is 24.9 Å². The van der Waals surface area contributed by atoms with E-state index >= 15 is 0 Å². The lowest BCUT2D eigenvalue weighted by atomic mass is 10.2. The Kier molecular flexibility index (Phi) is 4.83. The van der Waals surface area contributed by atoms with Crippen LogP contribution in [0.25, 0.3) is 0 Å². The van der Waals surface area contributed by atoms with E-state index in [1.165, 1.54) is 10.9 Å². The quantitative estimate of drug-likeness (QED) is 0.835. The van der Waals surface area contributed by atoms with Crippen molar-refractivity contribution in [3.05, 3.63) is 34.9 Å². The van der Waals surface area contributed by atoms with Crippen molar-refractivity contribution in [3.8, 4) is 0 Å². The fourth-order valence-corrected chi connectivity index (χ4v) is 2.70. The Morgan fingerprint density at radius 3 is 2.61 bits per heavy atom. The van der Waals surface area contributed by atoms with Crippen LogP contribution in [0.5, 0.6) is 0 Å². The lowest BCUT2D eigenvalue weighted by Crippen LogP contribution is -2.23. The van der Waals surface area contributed by atoms with Crippen LogP contribution in [0.1, 0.15) is 47.3 Å². The summed E-state index contributed by atoms with van der Waals surface area (Å²) in [5, 5.41) is 19.0. The van der Waals surface area contributed by atoms with Gasteiger partial charge in [-0.3, -0.25) is 9.59 Å². The maximum atomic E-state index is 12.3. The second-order valence-electron chi connectivity index (χ2n) is 5.73. The van der Waals surface area contributed by atoms with Crippen LogP contribution >= 0.6 is 0 Å². The number of aliphatic carboxylic acids is 1. The molecule has 0 spiro atoms. The number of amides is 1. The third-order valence-electron chi connectivity index (χ3n) is 3.56. The molecule has 124 valence electrons. The minimum atomic E-state index is -0.994. The van der Waals surface area contributed by atoms with E-state index in [0.29, 0.717) is 11.3 Å². The van der Waals surface area contributed by atoms with Gasteiger partial charge in [0.2, 0.25) is 0 Å². The average Bonchev–Trinajstić information content (AvgIpc) is 2.99. The van der Waals surface area contributed by atoms with Gasteiger partial charge in [0.1, 0.15) is 12.2 Å². The average molecular weight is 319 g/mol. The molecule has 0 aliphatic rings. The van der Waals surface area contributed by atoms with Crippen molar-refractivity contribution >= 4 is 11.9 Å². The number of hydrogen-bond donors (Lipinski definition) is 2. The summed E-state index contributed by atoms with van der Waals surface area (Å²) in [6.07, 6.45) is 1.51. The van der Waals surface area contributed by atoms with Crippen molar-refractivity contribution in [1.29, 1.82) is 0 Å². The largest absolute Gasteiger partial charge is 0.480 e. The van der Waals surface area contributed by atoms with Gasteiger partial charge in [-0.2, -0.15) is 0 Å². The summed E-state index contributed by atoms with van der Waals surface area (Å²) in [5.74, 6) is -1.18. The van der Waals surface area contributed by atoms with E-state index in [4.69, 9.17) is 5.11 Å². The number of carboxylic acids is 1. The van der Waals surface area contributed by atoms with Crippen LogP contribution in [-0.4, -0.2) is 36.5 Å². The number of carboxylic acid groups (broad SMARTS) is 1. The highest BCUT2D eigenvalue weighted by atomic mass is 16.4. The van der Waals surface area contributed by atoms with Crippen LogP contribution in [0.2, 0.25) is 0 Å². The molecule has 0 atom stereocenters. The van der Waals surface area contributed by atoms with Gasteiger partial charge in [-0.25, -0.2) is 4.68 Å². The van der Waals surface area contributed by atoms with E-state index in [0.717, 1.165) is 11.4 Å². The number of nitrogens with zero attached hydrogens (tertiary/aromatic N) is 4. The molecule has 1 amide bonds. The number of aromatic nitrogens is 4. The zero-order chi connectivity index (χ0) is 17.1. The van der Waals surface area contributed by atoms with E-state index in [2.05, 4.69) is 34.0 Å². The molecule has 8 heteroatoms. The SMILES string of the molecule is Cc1cc(C(=O)NCc2cn(CC(=O)O)nn2)c(C)n1C(C)C. The Morgan fingerprint density at radius 2 is 2.04 bits per heavy atom. The fraction of sp³-hybridized carbons (Fsp3) is 0.467. The van der Waals surface area contributed by atoms with Gasteiger partial charge in [0.15, 0.2) is 0 Å². The first-order valence-corrected chi connectivity index (χ1v) is 7.37. The molecular formula is C15H21N5O3. The molecule has 0 radical (unpaired) electrons. The molecule has 0 saturated heterocycles. The maximum absolute atomic E-state index is 12.3. The summed E-state index contributed by atoms with van der Waals surface area (Å²) in [6.45, 7) is 7.98. The summed E-state index contributed by atoms with van der Waals surface area (Å²) in [7, 11) is 0. The van der Waals surface area contributed by atoms with Crippen LogP contribution in [0.4, 0.5) is 0 Å². The van der Waals surface area contributed by atoms with Gasteiger partial charge in [-0.1, -0.05) is 5.21 Å². The van der Waals surface area contributed by atoms with Gasteiger partial charge in [0, 0.05) is 17.4 Å². The highest BCUT2D eigenvalue weighted by Gasteiger charge is 2.17. The summed E-state index contributed by atoms with van der Waals surface area (Å²) in [4.78, 5) is 22.9. The second-order valence-corrected chi connectivity index (χ2v) is 5.73. The van der Waals surface area contributed by atoms with Crippen molar-refractivity contribution in [2.45, 2.75) is 46.8 Å². The predicted molar refractivity (Wildman–Crippen MR) is 83.1 cm³/mol. The van der Waals surface area contributed by atoms with Crippen molar-refractivity contribution in [2.75, 3.05) is 0 Å². The molecule has 2 aromatic heterocycles. The van der Waals surface area contributed by atoms with Crippen LogP contribution in [0.15, 0.2) is 12.3 Å². The van der Waals surface area contributed by atoms with Crippen molar-refractivity contribution in [2.24, 2.45) is 0 Å². The first-order valence-electron chi connectivity index (χ1n) is 7.37. The molecule has 23 heavy (non-hydrogen) atoms. The summed E-state index contributed by atoms with van der Waals surface area (Å²) in [6, 6.07) is 2.15. The number of carbonyl (C=O) groups excluding carboxylic acids is 1. The zero-order valence-electron chi connectivity index (χ0n) is 13.7. The Morgan fingerprint density at radius 1 is 1.35 bits per heavy atom. The number of nitrogens with one attached hydrogen (secondary N) is 1. The lowest BCUT2D eigenvalue weighted by molar-refractivity contribution is -0.137. The first kappa shape index (κ1) is 16.7. The molecule has 2 rings (SSSR count). The molecule has 8 nitrogen and oxygen atoms in total. The molecule has 0 unspecified atom stereocenters. The highest BCUT2D eigenvalue weighted by molar-refractivity contribution is 5.95. The summed E-state index contributed by atoms with van der Waals surface area (Å²) in [5.41, 5.74) is 3.10. The molecule has 2 heterocycles. The zero-order valence-corrected chi connectivity index (χ0v) is 13.7. The molecule has 0 bridgehead atoms. The minimum Gasteiger partial charge on any atom is -0.480 e. The molecule has 0 aromatic carbocycles. The molecule has 0 aliphatic carbocycles. The Labute approximate surface area is 134 Å². The highest BCUT2D eigenvalue weighted by Crippen LogP contribution is 2.20. The van der Waals surface area contributed by atoms with Gasteiger partial charge in [-0.15, -0.1) is 5.10 Å². The van der Waals surface area contributed by atoms with E-state index in [9.17, 15) is 9.59 Å². The van der Waals surface area contributed by atoms with Gasteiger partial charge >= 0.3 is 5.97 Å². The third-order valence-corrected chi connectivity index (χ3v) is 3.56. The second kappa shape index (κ2) is 6.64. The van der Waals surface area contributed by atoms with Gasteiger partial charge in [0.05, 0.1) is 18.3 Å². The normalized spacial score (nSPS) is 11.0. The Hall–Kier alpha value is -2.64. The van der Waals surface area contributed by atoms with Crippen molar-refractivity contribution < 1.29 is 14.7 Å². The lowest BCUT2D eigenvalue weighted by Gasteiger charge is -2.13. The minimum absolute atomic E-state index is 0.183. The fourth-order valence-electron chi connectivity index (χ4n) is 2.70. The molecular weight excluding hydrogens is 298 g/mol. The number of carbonyl (C=O) groups is 2. The third kappa shape index (κ3) is 3.77. The standard InChI is InChI=1S/C15H21N5O3/c1-9(2)20-10(3)5-13(11(20)4)15(23)16-6-12-7-19(18-17-12)8-14(21)22/h5,7,9H,6,8H2,1-4H3,(H,16,23)(H,21,22). The van der Waals surface area contributed by atoms with Crippen molar-refractivity contribution in [3.63, 3.8) is 0 Å². The monoisotopic (exact) mass is 319 g/mol. The predicted octanol–water partition coefficient (Wildman–Crippen LogP) is 1.29. The van der Waals surface area contributed by atoms with Gasteiger partial charge < -0.3 is 15.0 Å². The maximum Gasteiger partial charge on any atom is 0.325 e. The van der Waals surface area contributed by atoms with E-state index < -0.39 is 5.97 Å². The molecule has 0 fully saturated rings. The number of hydrogen-bond acceptors (Lipinski definition) is 4. The smallest absolute Gasteiger partial charge is 0.325 e. The summed E-state index contributed by atoms with van der Waals surface area (Å²) >= 11 is 0. The van der Waals surface area contributed by atoms with E-state index in [1.54, 1.807) is 0 Å². The molecule has 0 aliphatic heterocycles. The first-order chi connectivity index (χ1) is 10.8. The van der Waals surface area contributed by atoms with Crippen LogP contribution < -0.4 is 5.32 Å². The van der Waals surface area contributed by atoms with E-state index in [-0.39, 0.29) is 25.0 Å². The van der Waals surface area contributed by atoms with E-state index in [1.807, 2.05) is 19.9 Å². The molecule has 0 saturated carbocycles. The number of aryl methyl sites for hydroxylation is 1. The Bertz CT molecular complexity index is 730. The van der Waals surface area contributed by atoms with Gasteiger partial charge in [0.25, 0.3) is 5.91 Å². The van der Waals surface area contributed by atoms with Gasteiger partial charge in [-0.05, 0) is 33.8 Å². The molecule has 2 N–H and O–H groups in total. The molecule has 2 aromatic rings. The van der Waals surface area contributed by atoms with Crippen LogP contribution in [0.3, 0.4) is 0 Å².